The van der Waals surface area contributed by atoms with Crippen LogP contribution in [-0.2, 0) is 24.3 Å². The SMILES string of the molecule is CCNC(=NCc1cc(C)ccc1OC(F)F)NCC(=O)N1CCc2ccccc2C1. The van der Waals surface area contributed by atoms with Crippen molar-refractivity contribution in [1.82, 2.24) is 15.5 Å². The van der Waals surface area contributed by atoms with Gasteiger partial charge in [0.15, 0.2) is 5.96 Å². The zero-order valence-corrected chi connectivity index (χ0v) is 17.8. The van der Waals surface area contributed by atoms with Crippen LogP contribution in [0.1, 0.15) is 29.2 Å². The molecule has 1 heterocycles. The first-order chi connectivity index (χ1) is 15.0. The zero-order chi connectivity index (χ0) is 22.2. The summed E-state index contributed by atoms with van der Waals surface area (Å²) in [5, 5.41) is 6.13. The number of nitrogens with one attached hydrogen (secondary N) is 2. The van der Waals surface area contributed by atoms with E-state index in [1.165, 1.54) is 17.2 Å². The van der Waals surface area contributed by atoms with E-state index in [9.17, 15) is 13.6 Å². The van der Waals surface area contributed by atoms with Gasteiger partial charge in [-0.25, -0.2) is 4.99 Å². The van der Waals surface area contributed by atoms with Crippen molar-refractivity contribution < 1.29 is 18.3 Å². The van der Waals surface area contributed by atoms with Crippen molar-refractivity contribution in [2.45, 2.75) is 40.0 Å². The maximum absolute atomic E-state index is 12.7. The summed E-state index contributed by atoms with van der Waals surface area (Å²) in [4.78, 5) is 19.0. The van der Waals surface area contributed by atoms with Crippen LogP contribution >= 0.6 is 0 Å². The van der Waals surface area contributed by atoms with Gasteiger partial charge in [-0.3, -0.25) is 4.79 Å². The largest absolute Gasteiger partial charge is 0.434 e. The third kappa shape index (κ3) is 6.41. The Bertz CT molecular complexity index is 934. The van der Waals surface area contributed by atoms with E-state index in [1.54, 1.807) is 12.1 Å². The van der Waals surface area contributed by atoms with Crippen LogP contribution in [0.2, 0.25) is 0 Å². The Morgan fingerprint density at radius 3 is 2.71 bits per heavy atom. The lowest BCUT2D eigenvalue weighted by Gasteiger charge is -2.29. The van der Waals surface area contributed by atoms with E-state index in [2.05, 4.69) is 32.5 Å². The Hall–Kier alpha value is -3.16. The van der Waals surface area contributed by atoms with Crippen molar-refractivity contribution in [3.05, 3.63) is 64.7 Å². The average Bonchev–Trinajstić information content (AvgIpc) is 2.76. The maximum atomic E-state index is 12.7. The summed E-state index contributed by atoms with van der Waals surface area (Å²) >= 11 is 0. The second-order valence-corrected chi connectivity index (χ2v) is 7.37. The summed E-state index contributed by atoms with van der Waals surface area (Å²) in [6, 6.07) is 13.1. The predicted octanol–water partition coefficient (Wildman–Crippen LogP) is 3.24. The molecule has 166 valence electrons. The molecule has 0 aliphatic carbocycles. The van der Waals surface area contributed by atoms with Crippen molar-refractivity contribution in [3.8, 4) is 5.75 Å². The van der Waals surface area contributed by atoms with Crippen LogP contribution < -0.4 is 15.4 Å². The van der Waals surface area contributed by atoms with Gasteiger partial charge in [-0.2, -0.15) is 8.78 Å². The summed E-state index contributed by atoms with van der Waals surface area (Å²) in [6.45, 7) is 3.02. The van der Waals surface area contributed by atoms with Crippen LogP contribution in [0, 0.1) is 6.92 Å². The lowest BCUT2D eigenvalue weighted by molar-refractivity contribution is -0.130. The maximum Gasteiger partial charge on any atom is 0.387 e. The highest BCUT2D eigenvalue weighted by Crippen LogP contribution is 2.23. The van der Waals surface area contributed by atoms with Crippen LogP contribution in [0.5, 0.6) is 5.75 Å². The first kappa shape index (κ1) is 22.5. The fraction of sp³-hybridized carbons (Fsp3) is 0.391. The number of carbonyl (C=O) groups is 1. The smallest absolute Gasteiger partial charge is 0.387 e. The van der Waals surface area contributed by atoms with E-state index < -0.39 is 6.61 Å². The van der Waals surface area contributed by atoms with Gasteiger partial charge in [0, 0.05) is 25.2 Å². The standard InChI is InChI=1S/C23H28F2N4O2/c1-3-26-23(27-13-19-12-16(2)8-9-20(19)31-22(24)25)28-14-21(30)29-11-10-17-6-4-5-7-18(17)15-29/h4-9,12,22H,3,10-11,13-15H2,1-2H3,(H2,26,27,28). The number of ether oxygens (including phenoxy) is 1. The van der Waals surface area contributed by atoms with Crippen LogP contribution in [0.3, 0.4) is 0 Å². The molecule has 0 spiro atoms. The van der Waals surface area contributed by atoms with Gasteiger partial charge >= 0.3 is 6.61 Å². The molecule has 0 saturated heterocycles. The number of alkyl halides is 2. The van der Waals surface area contributed by atoms with Crippen LogP contribution in [0.25, 0.3) is 0 Å². The number of carbonyl (C=O) groups excluding carboxylic acids is 1. The second kappa shape index (κ2) is 10.7. The first-order valence-electron chi connectivity index (χ1n) is 10.4. The molecule has 3 rings (SSSR count). The third-order valence-corrected chi connectivity index (χ3v) is 5.07. The number of benzene rings is 2. The van der Waals surface area contributed by atoms with Crippen molar-refractivity contribution in [2.24, 2.45) is 4.99 Å². The highest BCUT2D eigenvalue weighted by Gasteiger charge is 2.20. The Balaban J connectivity index is 1.62. The Morgan fingerprint density at radius 1 is 1.19 bits per heavy atom. The van der Waals surface area contributed by atoms with Gasteiger partial charge in [-0.05, 0) is 37.5 Å². The molecule has 6 nitrogen and oxygen atoms in total. The minimum atomic E-state index is -2.90. The van der Waals surface area contributed by atoms with E-state index in [4.69, 9.17) is 0 Å². The fourth-order valence-electron chi connectivity index (χ4n) is 3.53. The zero-order valence-electron chi connectivity index (χ0n) is 17.8. The molecule has 0 unspecified atom stereocenters. The Morgan fingerprint density at radius 2 is 1.97 bits per heavy atom. The number of rotatable bonds is 7. The molecule has 0 aromatic heterocycles. The number of fused-ring (bicyclic) bond motifs is 1. The highest BCUT2D eigenvalue weighted by molar-refractivity contribution is 5.86. The molecular weight excluding hydrogens is 402 g/mol. The molecular formula is C23H28F2N4O2. The van der Waals surface area contributed by atoms with E-state index in [1.807, 2.05) is 30.9 Å². The summed E-state index contributed by atoms with van der Waals surface area (Å²) in [5.41, 5.74) is 3.94. The van der Waals surface area contributed by atoms with Crippen molar-refractivity contribution in [3.63, 3.8) is 0 Å². The summed E-state index contributed by atoms with van der Waals surface area (Å²) < 4.78 is 29.9. The van der Waals surface area contributed by atoms with Crippen molar-refractivity contribution in [1.29, 1.82) is 0 Å². The van der Waals surface area contributed by atoms with E-state index >= 15 is 0 Å². The minimum absolute atomic E-state index is 0.0163. The normalized spacial score (nSPS) is 13.7. The van der Waals surface area contributed by atoms with Crippen molar-refractivity contribution in [2.75, 3.05) is 19.6 Å². The molecule has 2 aromatic rings. The number of guanidine groups is 1. The molecule has 31 heavy (non-hydrogen) atoms. The Kier molecular flexibility index (Phi) is 7.81. The number of hydrogen-bond acceptors (Lipinski definition) is 3. The van der Waals surface area contributed by atoms with E-state index in [0.29, 0.717) is 31.2 Å². The quantitative estimate of drug-likeness (QED) is 0.523. The summed E-state index contributed by atoms with van der Waals surface area (Å²) in [6.07, 6.45) is 0.844. The average molecular weight is 430 g/mol. The van der Waals surface area contributed by atoms with Crippen molar-refractivity contribution >= 4 is 11.9 Å². The molecule has 2 aromatic carbocycles. The van der Waals surface area contributed by atoms with Gasteiger partial charge in [0.05, 0.1) is 13.1 Å². The first-order valence-corrected chi connectivity index (χ1v) is 10.4. The number of aliphatic imine (C=N–C) groups is 1. The second-order valence-electron chi connectivity index (χ2n) is 7.37. The van der Waals surface area contributed by atoms with E-state index in [-0.39, 0.29) is 24.7 Å². The van der Waals surface area contributed by atoms with Gasteiger partial charge in [0.1, 0.15) is 5.75 Å². The molecule has 1 aliphatic rings. The number of hydrogen-bond donors (Lipinski definition) is 2. The molecule has 0 atom stereocenters. The molecule has 0 saturated carbocycles. The molecule has 0 fully saturated rings. The van der Waals surface area contributed by atoms with Crippen LogP contribution in [0.4, 0.5) is 8.78 Å². The number of amides is 1. The molecule has 1 aliphatic heterocycles. The molecule has 2 N–H and O–H groups in total. The van der Waals surface area contributed by atoms with Gasteiger partial charge in [0.2, 0.25) is 5.91 Å². The van der Waals surface area contributed by atoms with E-state index in [0.717, 1.165) is 12.0 Å². The number of halogens is 2. The lowest BCUT2D eigenvalue weighted by Crippen LogP contribution is -2.45. The predicted molar refractivity (Wildman–Crippen MR) is 116 cm³/mol. The van der Waals surface area contributed by atoms with Crippen LogP contribution in [-0.4, -0.2) is 43.0 Å². The summed E-state index contributed by atoms with van der Waals surface area (Å²) in [5.74, 6) is 0.526. The minimum Gasteiger partial charge on any atom is -0.434 e. The Labute approximate surface area is 181 Å². The molecule has 0 radical (unpaired) electrons. The van der Waals surface area contributed by atoms with Gasteiger partial charge in [-0.15, -0.1) is 0 Å². The van der Waals surface area contributed by atoms with Gasteiger partial charge in [0.25, 0.3) is 0 Å². The summed E-state index contributed by atoms with van der Waals surface area (Å²) in [7, 11) is 0. The monoisotopic (exact) mass is 430 g/mol. The van der Waals surface area contributed by atoms with Gasteiger partial charge in [-0.1, -0.05) is 42.0 Å². The topological polar surface area (TPSA) is 66.0 Å². The van der Waals surface area contributed by atoms with Gasteiger partial charge < -0.3 is 20.3 Å². The van der Waals surface area contributed by atoms with Crippen LogP contribution in [0.15, 0.2) is 47.5 Å². The lowest BCUT2D eigenvalue weighted by atomic mass is 10.00. The molecule has 1 amide bonds. The number of aryl methyl sites for hydroxylation is 1. The molecule has 0 bridgehead atoms. The molecule has 8 heteroatoms. The highest BCUT2D eigenvalue weighted by atomic mass is 19.3. The fourth-order valence-corrected chi connectivity index (χ4v) is 3.53. The number of nitrogens with zero attached hydrogens (tertiary/aromatic N) is 2. The third-order valence-electron chi connectivity index (χ3n) is 5.07.